The number of hydrogen-bond acceptors (Lipinski definition) is 8. The number of amides is 3. The molecule has 1 aliphatic heterocycles. The number of hydroxylamine groups is 2. The standard InChI is InChI=1S/C30H41N3O8/c1-21(34)32-25(17-22-11-6-5-7-12-22)30(36)33(41-29-14-8-9-15-40-29)20-24-26(37-3)18-23(19-27(24)38-4)39-16-10-13-28(35)31-2/h5-7,11-12,18-19,25,29H,8-10,13-17,20H2,1-4H3,(H,31,35)(H,32,34)/t25-,29?/m0/s1. The summed E-state index contributed by atoms with van der Waals surface area (Å²) in [5, 5.41) is 6.59. The summed E-state index contributed by atoms with van der Waals surface area (Å²) in [4.78, 5) is 43.7. The summed E-state index contributed by atoms with van der Waals surface area (Å²) >= 11 is 0. The number of hydrogen-bond donors (Lipinski definition) is 2. The Hall–Kier alpha value is -3.83. The van der Waals surface area contributed by atoms with Gasteiger partial charge in [0.2, 0.25) is 11.8 Å². The fraction of sp³-hybridized carbons (Fsp3) is 0.500. The molecule has 2 aromatic carbocycles. The van der Waals surface area contributed by atoms with Crippen LogP contribution in [0.1, 0.15) is 50.2 Å². The smallest absolute Gasteiger partial charge is 0.269 e. The fourth-order valence-electron chi connectivity index (χ4n) is 4.46. The van der Waals surface area contributed by atoms with Crippen molar-refractivity contribution in [1.29, 1.82) is 0 Å². The minimum atomic E-state index is -0.876. The van der Waals surface area contributed by atoms with E-state index < -0.39 is 18.2 Å². The quantitative estimate of drug-likeness (QED) is 0.247. The zero-order chi connectivity index (χ0) is 29.6. The van der Waals surface area contributed by atoms with Gasteiger partial charge in [0.15, 0.2) is 6.29 Å². The number of nitrogens with one attached hydrogen (secondary N) is 2. The Kier molecular flexibility index (Phi) is 12.7. The van der Waals surface area contributed by atoms with Crippen molar-refractivity contribution in [2.24, 2.45) is 0 Å². The number of rotatable bonds is 15. The summed E-state index contributed by atoms with van der Waals surface area (Å²) in [5.74, 6) is 0.522. The first kappa shape index (κ1) is 31.7. The van der Waals surface area contributed by atoms with Crippen LogP contribution in [0, 0.1) is 0 Å². The molecule has 2 aromatic rings. The molecule has 0 bridgehead atoms. The van der Waals surface area contributed by atoms with E-state index in [0.717, 1.165) is 18.4 Å². The van der Waals surface area contributed by atoms with Gasteiger partial charge in [0.25, 0.3) is 5.91 Å². The molecule has 1 unspecified atom stereocenters. The number of benzene rings is 2. The molecule has 0 aromatic heterocycles. The predicted octanol–water partition coefficient (Wildman–Crippen LogP) is 3.14. The van der Waals surface area contributed by atoms with Gasteiger partial charge in [-0.05, 0) is 24.8 Å². The largest absolute Gasteiger partial charge is 0.496 e. The maximum absolute atomic E-state index is 14.0. The van der Waals surface area contributed by atoms with E-state index in [1.165, 1.54) is 26.2 Å². The molecule has 2 atom stereocenters. The third kappa shape index (κ3) is 9.94. The van der Waals surface area contributed by atoms with E-state index in [1.807, 2.05) is 30.3 Å². The Morgan fingerprint density at radius 1 is 1.07 bits per heavy atom. The van der Waals surface area contributed by atoms with Crippen molar-refractivity contribution in [2.75, 3.05) is 34.5 Å². The molecule has 224 valence electrons. The minimum absolute atomic E-state index is 0.0349. The zero-order valence-corrected chi connectivity index (χ0v) is 24.3. The van der Waals surface area contributed by atoms with Gasteiger partial charge in [0.05, 0.1) is 32.9 Å². The van der Waals surface area contributed by atoms with Crippen molar-refractivity contribution in [3.63, 3.8) is 0 Å². The first-order valence-electron chi connectivity index (χ1n) is 13.8. The monoisotopic (exact) mass is 571 g/mol. The fourth-order valence-corrected chi connectivity index (χ4v) is 4.46. The molecule has 3 amide bonds. The van der Waals surface area contributed by atoms with Crippen molar-refractivity contribution in [1.82, 2.24) is 15.7 Å². The van der Waals surface area contributed by atoms with Crippen molar-refractivity contribution in [3.8, 4) is 17.2 Å². The summed E-state index contributed by atoms with van der Waals surface area (Å²) < 4.78 is 22.9. The molecule has 41 heavy (non-hydrogen) atoms. The molecule has 1 aliphatic rings. The highest BCUT2D eigenvalue weighted by atomic mass is 16.8. The normalized spacial score (nSPS) is 15.4. The topological polar surface area (TPSA) is 125 Å². The molecule has 3 rings (SSSR count). The van der Waals surface area contributed by atoms with Crippen LogP contribution in [0.5, 0.6) is 17.2 Å². The van der Waals surface area contributed by atoms with Crippen molar-refractivity contribution >= 4 is 17.7 Å². The summed E-state index contributed by atoms with van der Waals surface area (Å²) in [7, 11) is 4.62. The summed E-state index contributed by atoms with van der Waals surface area (Å²) in [6, 6.07) is 12.0. The van der Waals surface area contributed by atoms with Crippen LogP contribution >= 0.6 is 0 Å². The highest BCUT2D eigenvalue weighted by Crippen LogP contribution is 2.36. The van der Waals surface area contributed by atoms with E-state index in [0.29, 0.717) is 55.3 Å². The molecule has 1 fully saturated rings. The molecule has 0 aliphatic carbocycles. The first-order chi connectivity index (χ1) is 19.8. The number of carbonyl (C=O) groups excluding carboxylic acids is 3. The first-order valence-corrected chi connectivity index (χ1v) is 13.8. The number of ether oxygens (including phenoxy) is 4. The van der Waals surface area contributed by atoms with E-state index in [9.17, 15) is 14.4 Å². The third-order valence-corrected chi connectivity index (χ3v) is 6.57. The van der Waals surface area contributed by atoms with Crippen molar-refractivity contribution in [2.45, 2.75) is 64.3 Å². The second-order valence-corrected chi connectivity index (χ2v) is 9.65. The molecule has 11 nitrogen and oxygen atoms in total. The Labute approximate surface area is 241 Å². The molecular weight excluding hydrogens is 530 g/mol. The minimum Gasteiger partial charge on any atom is -0.496 e. The maximum Gasteiger partial charge on any atom is 0.269 e. The second kappa shape index (κ2) is 16.4. The molecule has 11 heteroatoms. The third-order valence-electron chi connectivity index (χ3n) is 6.57. The lowest BCUT2D eigenvalue weighted by molar-refractivity contribution is -0.284. The summed E-state index contributed by atoms with van der Waals surface area (Å²) in [5.41, 5.74) is 1.44. The van der Waals surface area contributed by atoms with Gasteiger partial charge in [-0.3, -0.25) is 14.4 Å². The lowest BCUT2D eigenvalue weighted by Gasteiger charge is -2.32. The number of methoxy groups -OCH3 is 2. The van der Waals surface area contributed by atoms with E-state index in [1.54, 1.807) is 19.2 Å². The maximum atomic E-state index is 14.0. The van der Waals surface area contributed by atoms with Crippen LogP contribution in [-0.2, 0) is 36.9 Å². The Bertz CT molecular complexity index is 1110. The van der Waals surface area contributed by atoms with Gasteiger partial charge in [-0.1, -0.05) is 30.3 Å². The van der Waals surface area contributed by atoms with Crippen LogP contribution in [0.15, 0.2) is 42.5 Å². The Morgan fingerprint density at radius 3 is 2.37 bits per heavy atom. The van der Waals surface area contributed by atoms with Crippen molar-refractivity contribution < 1.29 is 38.2 Å². The summed E-state index contributed by atoms with van der Waals surface area (Å²) in [6.45, 7) is 2.20. The van der Waals surface area contributed by atoms with Crippen LogP contribution in [0.4, 0.5) is 0 Å². The van der Waals surface area contributed by atoms with Crippen LogP contribution in [-0.4, -0.2) is 69.6 Å². The SMILES string of the molecule is CNC(=O)CCCOc1cc(OC)c(CN(OC2CCCCO2)C(=O)[C@H](Cc2ccccc2)NC(C)=O)c(OC)c1. The highest BCUT2D eigenvalue weighted by Gasteiger charge is 2.31. The van der Waals surface area contributed by atoms with Crippen LogP contribution < -0.4 is 24.8 Å². The molecule has 0 saturated carbocycles. The van der Waals surface area contributed by atoms with Gasteiger partial charge in [-0.15, -0.1) is 0 Å². The van der Waals surface area contributed by atoms with Gasteiger partial charge in [-0.25, -0.2) is 9.90 Å². The van der Waals surface area contributed by atoms with Gasteiger partial charge < -0.3 is 29.6 Å². The van der Waals surface area contributed by atoms with E-state index >= 15 is 0 Å². The van der Waals surface area contributed by atoms with Gasteiger partial charge >= 0.3 is 0 Å². The second-order valence-electron chi connectivity index (χ2n) is 9.65. The van der Waals surface area contributed by atoms with Crippen LogP contribution in [0.3, 0.4) is 0 Å². The molecule has 1 saturated heterocycles. The lowest BCUT2D eigenvalue weighted by atomic mass is 10.0. The van der Waals surface area contributed by atoms with Crippen molar-refractivity contribution in [3.05, 3.63) is 53.6 Å². The van der Waals surface area contributed by atoms with Gasteiger partial charge in [0, 0.05) is 52.0 Å². The Balaban J connectivity index is 1.88. The van der Waals surface area contributed by atoms with Gasteiger partial charge in [-0.2, -0.15) is 0 Å². The summed E-state index contributed by atoms with van der Waals surface area (Å²) in [6.07, 6.45) is 3.01. The van der Waals surface area contributed by atoms with Crippen LogP contribution in [0.25, 0.3) is 0 Å². The highest BCUT2D eigenvalue weighted by molar-refractivity contribution is 5.86. The number of carbonyl (C=O) groups is 3. The lowest BCUT2D eigenvalue weighted by Crippen LogP contribution is -2.50. The Morgan fingerprint density at radius 2 is 1.78 bits per heavy atom. The molecule has 2 N–H and O–H groups in total. The zero-order valence-electron chi connectivity index (χ0n) is 24.3. The average molecular weight is 572 g/mol. The molecule has 1 heterocycles. The molecular formula is C30H41N3O8. The predicted molar refractivity (Wildman–Crippen MR) is 151 cm³/mol. The van der Waals surface area contributed by atoms with E-state index in [-0.39, 0.29) is 24.8 Å². The molecule has 0 spiro atoms. The van der Waals surface area contributed by atoms with E-state index in [2.05, 4.69) is 10.6 Å². The van der Waals surface area contributed by atoms with E-state index in [4.69, 9.17) is 23.8 Å². The van der Waals surface area contributed by atoms with Gasteiger partial charge in [0.1, 0.15) is 23.3 Å². The average Bonchev–Trinajstić information content (AvgIpc) is 2.99. The van der Waals surface area contributed by atoms with Crippen LogP contribution in [0.2, 0.25) is 0 Å². The number of nitrogens with zero attached hydrogens (tertiary/aromatic N) is 1. The molecule has 0 radical (unpaired) electrons.